The Morgan fingerprint density at radius 1 is 1.60 bits per heavy atom. The van der Waals surface area contributed by atoms with Crippen molar-refractivity contribution in [3.05, 3.63) is 12.7 Å². The van der Waals surface area contributed by atoms with Gasteiger partial charge in [0.15, 0.2) is 0 Å². The van der Waals surface area contributed by atoms with Gasteiger partial charge in [0, 0.05) is 6.08 Å². The Morgan fingerprint density at radius 2 is 2.13 bits per heavy atom. The summed E-state index contributed by atoms with van der Waals surface area (Å²) in [6.45, 7) is 5.67. The number of hydrogen-bond donors (Lipinski definition) is 1. The minimum atomic E-state index is -0.572. The van der Waals surface area contributed by atoms with Crippen LogP contribution < -0.4 is 5.73 Å². The second-order valence-electron chi connectivity index (χ2n) is 2.17. The van der Waals surface area contributed by atoms with Crippen molar-refractivity contribution < 1.29 is 19.8 Å². The predicted octanol–water partition coefficient (Wildman–Crippen LogP) is -0.314. The third kappa shape index (κ3) is 24.5. The Balaban J connectivity index is -0.000000187. The predicted molar refractivity (Wildman–Crippen MR) is 54.5 cm³/mol. The van der Waals surface area contributed by atoms with Crippen molar-refractivity contribution in [3.8, 4) is 6.07 Å². The number of amides is 1. The molecule has 0 bridgehead atoms. The van der Waals surface area contributed by atoms with Crippen molar-refractivity contribution in [3.63, 3.8) is 0 Å². The number of carbonyl (C=O) groups excluding carboxylic acids is 2. The van der Waals surface area contributed by atoms with Gasteiger partial charge >= 0.3 is 5.97 Å². The zero-order chi connectivity index (χ0) is 11.4. The molecule has 0 aromatic rings. The molecule has 0 rings (SSSR count). The summed E-state index contributed by atoms with van der Waals surface area (Å²) >= 11 is 0. The Bertz CT molecular complexity index is 233. The highest BCUT2D eigenvalue weighted by Crippen LogP contribution is 1.81. The van der Waals surface area contributed by atoms with Gasteiger partial charge in [-0.2, -0.15) is 5.26 Å². The summed E-state index contributed by atoms with van der Waals surface area (Å²) in [7, 11) is 0. The van der Waals surface area contributed by atoms with E-state index in [1.165, 1.54) is 0 Å². The number of ether oxygens (including phenoxy) is 1. The van der Waals surface area contributed by atoms with Crippen LogP contribution in [0, 0.1) is 11.3 Å². The number of nitrogens with two attached hydrogens (primary N) is 1. The fraction of sp³-hybridized carbons (Fsp3) is 0.444. The monoisotopic (exact) mass is 216 g/mol. The molecule has 0 spiro atoms. The van der Waals surface area contributed by atoms with Gasteiger partial charge in [-0.05, 0) is 6.42 Å². The van der Waals surface area contributed by atoms with Gasteiger partial charge < -0.3 is 15.9 Å². The molecule has 0 unspecified atom stereocenters. The van der Waals surface area contributed by atoms with Crippen molar-refractivity contribution in [2.45, 2.75) is 19.8 Å². The lowest BCUT2D eigenvalue weighted by Crippen LogP contribution is -2.07. The first kappa shape index (κ1) is 18.8. The van der Waals surface area contributed by atoms with Crippen LogP contribution in [0.4, 0.5) is 0 Å². The molecule has 0 aromatic carbocycles. The van der Waals surface area contributed by atoms with Crippen LogP contribution in [0.2, 0.25) is 0 Å². The van der Waals surface area contributed by atoms with Crippen molar-refractivity contribution in [1.29, 1.82) is 5.26 Å². The van der Waals surface area contributed by atoms with E-state index in [4.69, 9.17) is 5.26 Å². The molecule has 0 aliphatic carbocycles. The maximum absolute atomic E-state index is 10.2. The number of hydrogen-bond acceptors (Lipinski definition) is 4. The molecule has 4 N–H and O–H groups in total. The molecular weight excluding hydrogens is 200 g/mol. The molecular formula is C9H16N2O4. The Labute approximate surface area is 88.6 Å². The fourth-order valence-corrected chi connectivity index (χ4v) is 0.339. The van der Waals surface area contributed by atoms with E-state index in [1.54, 1.807) is 6.07 Å². The standard InChI is InChI=1S/C6H10O2.C3H4N2O.H2O/c1-3-5-8-6(7)4-2;4-2-1-3(5)6;/h4H,2-3,5H2,1H3;1H2,(H2,5,6);1H2. The topological polar surface area (TPSA) is 125 Å². The van der Waals surface area contributed by atoms with Crippen molar-refractivity contribution in [1.82, 2.24) is 0 Å². The molecule has 15 heavy (non-hydrogen) atoms. The highest BCUT2D eigenvalue weighted by molar-refractivity contribution is 5.81. The summed E-state index contributed by atoms with van der Waals surface area (Å²) in [5, 5.41) is 7.69. The largest absolute Gasteiger partial charge is 0.463 e. The van der Waals surface area contributed by atoms with Crippen LogP contribution in [0.25, 0.3) is 0 Å². The second-order valence-corrected chi connectivity index (χ2v) is 2.17. The molecule has 0 aliphatic heterocycles. The van der Waals surface area contributed by atoms with Crippen LogP contribution >= 0.6 is 0 Å². The van der Waals surface area contributed by atoms with Gasteiger partial charge in [-0.3, -0.25) is 4.79 Å². The lowest BCUT2D eigenvalue weighted by Gasteiger charge is -1.94. The molecule has 86 valence electrons. The van der Waals surface area contributed by atoms with Crippen LogP contribution in [-0.2, 0) is 14.3 Å². The van der Waals surface area contributed by atoms with Crippen molar-refractivity contribution in [2.24, 2.45) is 5.73 Å². The first-order chi connectivity index (χ1) is 6.58. The average molecular weight is 216 g/mol. The molecule has 6 heteroatoms. The first-order valence-electron chi connectivity index (χ1n) is 4.02. The Kier molecular flexibility index (Phi) is 18.4. The van der Waals surface area contributed by atoms with Crippen LogP contribution in [0.15, 0.2) is 12.7 Å². The van der Waals surface area contributed by atoms with Crippen LogP contribution in [0.3, 0.4) is 0 Å². The van der Waals surface area contributed by atoms with Gasteiger partial charge in [0.25, 0.3) is 0 Å². The van der Waals surface area contributed by atoms with E-state index in [-0.39, 0.29) is 17.9 Å². The molecule has 0 aliphatic rings. The van der Waals surface area contributed by atoms with Gasteiger partial charge in [0.2, 0.25) is 5.91 Å². The lowest BCUT2D eigenvalue weighted by molar-refractivity contribution is -0.137. The molecule has 0 heterocycles. The van der Waals surface area contributed by atoms with Crippen molar-refractivity contribution >= 4 is 11.9 Å². The number of primary amides is 1. The molecule has 0 radical (unpaired) electrons. The maximum Gasteiger partial charge on any atom is 0.330 e. The molecule has 6 nitrogen and oxygen atoms in total. The Morgan fingerprint density at radius 3 is 2.33 bits per heavy atom. The Hall–Kier alpha value is -1.87. The maximum atomic E-state index is 10.2. The van der Waals surface area contributed by atoms with Gasteiger partial charge in [-0.1, -0.05) is 13.5 Å². The zero-order valence-electron chi connectivity index (χ0n) is 8.66. The van der Waals surface area contributed by atoms with E-state index < -0.39 is 5.91 Å². The molecule has 0 aromatic heterocycles. The van der Waals surface area contributed by atoms with E-state index in [1.807, 2.05) is 6.92 Å². The molecule has 0 fully saturated rings. The number of carbonyl (C=O) groups is 2. The summed E-state index contributed by atoms with van der Waals surface area (Å²) in [6, 6.07) is 1.59. The molecule has 1 amide bonds. The zero-order valence-corrected chi connectivity index (χ0v) is 8.66. The third-order valence-electron chi connectivity index (χ3n) is 0.868. The lowest BCUT2D eigenvalue weighted by atomic mass is 10.5. The number of esters is 1. The van der Waals surface area contributed by atoms with Gasteiger partial charge in [0.1, 0.15) is 6.42 Å². The molecule has 0 atom stereocenters. The van der Waals surface area contributed by atoms with E-state index in [0.717, 1.165) is 12.5 Å². The smallest absolute Gasteiger partial charge is 0.330 e. The molecule has 0 saturated carbocycles. The van der Waals surface area contributed by atoms with Crippen molar-refractivity contribution in [2.75, 3.05) is 6.61 Å². The fourth-order valence-electron chi connectivity index (χ4n) is 0.339. The SMILES string of the molecule is C=CC(=O)OCCC.N#CCC(N)=O.O. The van der Waals surface area contributed by atoms with E-state index in [9.17, 15) is 9.59 Å². The quantitative estimate of drug-likeness (QED) is 0.510. The van der Waals surface area contributed by atoms with Crippen LogP contribution in [0.1, 0.15) is 19.8 Å². The third-order valence-corrected chi connectivity index (χ3v) is 0.868. The minimum Gasteiger partial charge on any atom is -0.463 e. The highest BCUT2D eigenvalue weighted by atomic mass is 16.5. The number of nitriles is 1. The van der Waals surface area contributed by atoms with Gasteiger partial charge in [0.05, 0.1) is 12.7 Å². The number of rotatable bonds is 4. The van der Waals surface area contributed by atoms with Gasteiger partial charge in [-0.15, -0.1) is 0 Å². The summed E-state index contributed by atoms with van der Waals surface area (Å²) in [5.74, 6) is -0.913. The summed E-state index contributed by atoms with van der Waals surface area (Å²) in [4.78, 5) is 19.8. The van der Waals surface area contributed by atoms with Crippen LogP contribution in [0.5, 0.6) is 0 Å². The average Bonchev–Trinajstić information content (AvgIpc) is 2.15. The van der Waals surface area contributed by atoms with E-state index in [0.29, 0.717) is 6.61 Å². The first-order valence-corrected chi connectivity index (χ1v) is 4.02. The summed E-state index contributed by atoms with van der Waals surface area (Å²) < 4.78 is 4.58. The number of nitrogens with zero attached hydrogens (tertiary/aromatic N) is 1. The normalized spacial score (nSPS) is 6.93. The molecule has 0 saturated heterocycles. The summed E-state index contributed by atoms with van der Waals surface area (Å²) in [6.07, 6.45) is 1.84. The summed E-state index contributed by atoms with van der Waals surface area (Å²) in [5.41, 5.74) is 4.54. The van der Waals surface area contributed by atoms with E-state index in [2.05, 4.69) is 17.0 Å². The van der Waals surface area contributed by atoms with Gasteiger partial charge in [-0.25, -0.2) is 4.79 Å². The second kappa shape index (κ2) is 14.6. The van der Waals surface area contributed by atoms with E-state index >= 15 is 0 Å². The minimum absolute atomic E-state index is 0. The highest BCUT2D eigenvalue weighted by Gasteiger charge is 1.89. The van der Waals surface area contributed by atoms with Crippen LogP contribution in [-0.4, -0.2) is 24.0 Å².